The molecule has 1 saturated heterocycles. The summed E-state index contributed by atoms with van der Waals surface area (Å²) >= 11 is 1.01. The average Bonchev–Trinajstić information content (AvgIpc) is 3.13. The molecule has 1 heterocycles. The molecular weight excluding hydrogens is 430 g/mol. The highest BCUT2D eigenvalue weighted by Crippen LogP contribution is 2.26. The molecule has 0 bridgehead atoms. The van der Waals surface area contributed by atoms with E-state index in [0.29, 0.717) is 12.4 Å². The number of methoxy groups -OCH3 is 2. The molecule has 0 radical (unpaired) electrons. The minimum absolute atomic E-state index is 0.195. The van der Waals surface area contributed by atoms with E-state index in [0.717, 1.165) is 45.8 Å². The van der Waals surface area contributed by atoms with Crippen LogP contribution in [0.15, 0.2) is 57.6 Å². The molecule has 1 aliphatic heterocycles. The van der Waals surface area contributed by atoms with Crippen LogP contribution in [-0.2, 0) is 20.9 Å². The second-order valence-electron chi connectivity index (χ2n) is 6.80. The second-order valence-corrected chi connectivity index (χ2v) is 7.83. The first-order valence-electron chi connectivity index (χ1n) is 9.67. The predicted molar refractivity (Wildman–Crippen MR) is 124 cm³/mol. The van der Waals surface area contributed by atoms with Crippen molar-refractivity contribution in [3.63, 3.8) is 0 Å². The van der Waals surface area contributed by atoms with Gasteiger partial charge in [-0.1, -0.05) is 12.1 Å². The number of rotatable bonds is 7. The molecule has 2 aromatic carbocycles. The van der Waals surface area contributed by atoms with Crippen LogP contribution in [0.25, 0.3) is 0 Å². The van der Waals surface area contributed by atoms with Crippen molar-refractivity contribution in [2.24, 2.45) is 10.2 Å². The van der Waals surface area contributed by atoms with Crippen LogP contribution in [0.2, 0.25) is 0 Å². The third kappa shape index (κ3) is 5.76. The Morgan fingerprint density at radius 2 is 1.97 bits per heavy atom. The van der Waals surface area contributed by atoms with Gasteiger partial charge in [0.1, 0.15) is 18.1 Å². The standard InChI is InChI=1S/C23H23N3O5S/c1-14-6-5-7-18(15(14)2)31-13-17-10-16(8-9-19(17)29-3)12-24-26-23-25-22(28)20(32-23)11-21(27)30-4/h5-12H,13H2,1-4H3,(H,25,26,28)/b20-11+,24-12?. The lowest BCUT2D eigenvalue weighted by Crippen LogP contribution is -2.19. The van der Waals surface area contributed by atoms with Crippen LogP contribution in [0.5, 0.6) is 11.5 Å². The van der Waals surface area contributed by atoms with Crippen molar-refractivity contribution >= 4 is 35.0 Å². The van der Waals surface area contributed by atoms with Gasteiger partial charge in [-0.05, 0) is 66.6 Å². The molecular formula is C23H23N3O5S. The molecule has 1 fully saturated rings. The van der Waals surface area contributed by atoms with Gasteiger partial charge in [0.05, 0.1) is 25.3 Å². The Bertz CT molecular complexity index is 1120. The summed E-state index contributed by atoms with van der Waals surface area (Å²) in [6.45, 7) is 4.40. The van der Waals surface area contributed by atoms with Crippen LogP contribution in [0.3, 0.4) is 0 Å². The molecule has 0 unspecified atom stereocenters. The maximum Gasteiger partial charge on any atom is 0.331 e. The van der Waals surface area contributed by atoms with Crippen molar-refractivity contribution < 1.29 is 23.8 Å². The molecule has 166 valence electrons. The minimum atomic E-state index is -0.610. The second kappa shape index (κ2) is 10.6. The molecule has 0 aliphatic carbocycles. The Balaban J connectivity index is 1.71. The van der Waals surface area contributed by atoms with Crippen molar-refractivity contribution in [2.75, 3.05) is 14.2 Å². The maximum atomic E-state index is 11.8. The average molecular weight is 454 g/mol. The molecule has 1 N–H and O–H groups in total. The molecule has 0 atom stereocenters. The van der Waals surface area contributed by atoms with Gasteiger partial charge in [-0.15, -0.1) is 5.10 Å². The summed E-state index contributed by atoms with van der Waals surface area (Å²) in [4.78, 5) is 23.3. The largest absolute Gasteiger partial charge is 0.496 e. The van der Waals surface area contributed by atoms with Crippen LogP contribution in [0.1, 0.15) is 22.3 Å². The van der Waals surface area contributed by atoms with Gasteiger partial charge in [-0.3, -0.25) is 10.1 Å². The number of carbonyl (C=O) groups excluding carboxylic acids is 2. The van der Waals surface area contributed by atoms with Crippen LogP contribution < -0.4 is 14.8 Å². The molecule has 1 aliphatic rings. The summed E-state index contributed by atoms with van der Waals surface area (Å²) in [5.74, 6) is 0.489. The first-order valence-corrected chi connectivity index (χ1v) is 10.5. The molecule has 3 rings (SSSR count). The van der Waals surface area contributed by atoms with E-state index in [1.54, 1.807) is 13.3 Å². The van der Waals surface area contributed by atoms with E-state index in [2.05, 4.69) is 20.3 Å². The molecule has 1 amide bonds. The lowest BCUT2D eigenvalue weighted by atomic mass is 10.1. The summed E-state index contributed by atoms with van der Waals surface area (Å²) in [5.41, 5.74) is 3.90. The Hall–Kier alpha value is -3.59. The van der Waals surface area contributed by atoms with Crippen LogP contribution in [-0.4, -0.2) is 37.5 Å². The van der Waals surface area contributed by atoms with Gasteiger partial charge >= 0.3 is 5.97 Å². The third-order valence-electron chi connectivity index (χ3n) is 4.70. The van der Waals surface area contributed by atoms with E-state index < -0.39 is 11.9 Å². The van der Waals surface area contributed by atoms with Crippen molar-refractivity contribution in [2.45, 2.75) is 20.5 Å². The summed E-state index contributed by atoms with van der Waals surface area (Å²) < 4.78 is 16.0. The fourth-order valence-corrected chi connectivity index (χ4v) is 3.56. The zero-order chi connectivity index (χ0) is 23.1. The van der Waals surface area contributed by atoms with E-state index in [-0.39, 0.29) is 10.1 Å². The zero-order valence-electron chi connectivity index (χ0n) is 18.2. The van der Waals surface area contributed by atoms with Gasteiger partial charge in [-0.2, -0.15) is 5.10 Å². The molecule has 2 aromatic rings. The van der Waals surface area contributed by atoms with Gasteiger partial charge in [0.15, 0.2) is 5.17 Å². The number of carbonyl (C=O) groups is 2. The molecule has 0 aromatic heterocycles. The van der Waals surface area contributed by atoms with Gasteiger partial charge in [0.2, 0.25) is 0 Å². The highest BCUT2D eigenvalue weighted by molar-refractivity contribution is 8.18. The molecule has 8 nitrogen and oxygen atoms in total. The third-order valence-corrected chi connectivity index (χ3v) is 5.60. The summed E-state index contributed by atoms with van der Waals surface area (Å²) in [6, 6.07) is 11.5. The first kappa shape index (κ1) is 23.1. The maximum absolute atomic E-state index is 11.8. The monoisotopic (exact) mass is 453 g/mol. The van der Waals surface area contributed by atoms with Crippen molar-refractivity contribution in [3.05, 3.63) is 69.6 Å². The van der Waals surface area contributed by atoms with Crippen LogP contribution in [0.4, 0.5) is 0 Å². The number of ether oxygens (including phenoxy) is 3. The number of amides is 1. The van der Waals surface area contributed by atoms with Crippen molar-refractivity contribution in [1.29, 1.82) is 0 Å². The Kier molecular flexibility index (Phi) is 7.67. The fourth-order valence-electron chi connectivity index (χ4n) is 2.82. The Morgan fingerprint density at radius 3 is 2.72 bits per heavy atom. The van der Waals surface area contributed by atoms with Gasteiger partial charge < -0.3 is 14.2 Å². The van der Waals surface area contributed by atoms with E-state index in [1.165, 1.54) is 7.11 Å². The van der Waals surface area contributed by atoms with Crippen LogP contribution in [0, 0.1) is 13.8 Å². The van der Waals surface area contributed by atoms with Crippen LogP contribution >= 0.6 is 11.8 Å². The van der Waals surface area contributed by atoms with E-state index >= 15 is 0 Å². The van der Waals surface area contributed by atoms with Crippen molar-refractivity contribution in [1.82, 2.24) is 5.32 Å². The van der Waals surface area contributed by atoms with Gasteiger partial charge in [0, 0.05) is 11.6 Å². The SMILES string of the molecule is COC(=O)/C=C1/S/C(=N\N=Cc2ccc(OC)c(COc3cccc(C)c3C)c2)NC1=O. The number of nitrogens with zero attached hydrogens (tertiary/aromatic N) is 2. The van der Waals surface area contributed by atoms with Crippen molar-refractivity contribution in [3.8, 4) is 11.5 Å². The highest BCUT2D eigenvalue weighted by atomic mass is 32.2. The lowest BCUT2D eigenvalue weighted by molar-refractivity contribution is -0.135. The van der Waals surface area contributed by atoms with E-state index in [4.69, 9.17) is 9.47 Å². The fraction of sp³-hybridized carbons (Fsp3) is 0.217. The number of thioether (sulfide) groups is 1. The minimum Gasteiger partial charge on any atom is -0.496 e. The number of amidine groups is 1. The smallest absolute Gasteiger partial charge is 0.331 e. The molecule has 0 saturated carbocycles. The normalized spacial score (nSPS) is 15.9. The number of aryl methyl sites for hydroxylation is 1. The Labute approximate surface area is 190 Å². The highest BCUT2D eigenvalue weighted by Gasteiger charge is 2.25. The summed E-state index contributed by atoms with van der Waals surface area (Å²) in [5, 5.41) is 10.8. The Morgan fingerprint density at radius 1 is 1.16 bits per heavy atom. The predicted octanol–water partition coefficient (Wildman–Crippen LogP) is 3.50. The number of hydrogen-bond acceptors (Lipinski definition) is 8. The van der Waals surface area contributed by atoms with E-state index in [9.17, 15) is 9.59 Å². The van der Waals surface area contributed by atoms with Gasteiger partial charge in [0.25, 0.3) is 5.91 Å². The lowest BCUT2D eigenvalue weighted by Gasteiger charge is -2.13. The summed E-state index contributed by atoms with van der Waals surface area (Å²) in [6.07, 6.45) is 2.67. The number of nitrogens with one attached hydrogen (secondary N) is 1. The van der Waals surface area contributed by atoms with Gasteiger partial charge in [-0.25, -0.2) is 4.79 Å². The zero-order valence-corrected chi connectivity index (χ0v) is 19.0. The summed E-state index contributed by atoms with van der Waals surface area (Å²) in [7, 11) is 2.85. The number of hydrogen-bond donors (Lipinski definition) is 1. The molecule has 0 spiro atoms. The molecule has 32 heavy (non-hydrogen) atoms. The number of esters is 1. The number of benzene rings is 2. The quantitative estimate of drug-likeness (QED) is 0.298. The molecule has 9 heteroatoms. The topological polar surface area (TPSA) is 98.6 Å². The first-order chi connectivity index (χ1) is 15.4. The van der Waals surface area contributed by atoms with E-state index in [1.807, 2.05) is 50.2 Å².